The number of carbonyl (C=O) groups excluding carboxylic acids is 4. The van der Waals surface area contributed by atoms with Crippen molar-refractivity contribution in [1.82, 2.24) is 10.6 Å². The first-order chi connectivity index (χ1) is 16.5. The van der Waals surface area contributed by atoms with Gasteiger partial charge in [-0.1, -0.05) is 47.8 Å². The van der Waals surface area contributed by atoms with Gasteiger partial charge in [-0.15, -0.1) is 0 Å². The number of thioether (sulfide) groups is 2. The molecular formula is C24H22N2O6S2. The zero-order chi connectivity index (χ0) is 23.9. The molecule has 2 heterocycles. The molecule has 4 amide bonds. The van der Waals surface area contributed by atoms with Crippen molar-refractivity contribution in [3.05, 3.63) is 71.8 Å². The number of ether oxygens (including phenoxy) is 2. The molecule has 8 nitrogen and oxygen atoms in total. The Labute approximate surface area is 204 Å². The van der Waals surface area contributed by atoms with Gasteiger partial charge in [-0.2, -0.15) is 0 Å². The summed E-state index contributed by atoms with van der Waals surface area (Å²) in [7, 11) is 0. The molecule has 4 rings (SSSR count). The van der Waals surface area contributed by atoms with E-state index < -0.39 is 0 Å². The fourth-order valence-electron chi connectivity index (χ4n) is 3.35. The summed E-state index contributed by atoms with van der Waals surface area (Å²) < 4.78 is 11.4. The van der Waals surface area contributed by atoms with Crippen molar-refractivity contribution in [2.24, 2.45) is 0 Å². The van der Waals surface area contributed by atoms with Crippen LogP contribution in [0, 0.1) is 0 Å². The Balaban J connectivity index is 1.14. The van der Waals surface area contributed by atoms with Crippen LogP contribution >= 0.6 is 23.5 Å². The minimum absolute atomic E-state index is 0.242. The molecule has 2 aromatic carbocycles. The summed E-state index contributed by atoms with van der Waals surface area (Å²) >= 11 is 2.04. The number of hydrogen-bond donors (Lipinski definition) is 2. The molecule has 2 atom stereocenters. The molecule has 0 aliphatic carbocycles. The summed E-state index contributed by atoms with van der Waals surface area (Å²) in [5.41, 5.74) is 1.92. The molecule has 34 heavy (non-hydrogen) atoms. The van der Waals surface area contributed by atoms with E-state index in [4.69, 9.17) is 9.47 Å². The standard InChI is InChI=1S/C24H22N2O6S2/c27-21-19(33-23(29)25-21)13-15-3-7-17(8-4-15)31-11-1-2-12-32-18-9-5-16(6-10-18)14-20-22(28)26-24(30)34-20/h1-10,19-20H,11-14H2,(H,25,27,29)(H,26,28,30). The smallest absolute Gasteiger partial charge is 0.286 e. The maximum atomic E-state index is 11.7. The Hall–Kier alpha value is -3.24. The van der Waals surface area contributed by atoms with Crippen LogP contribution in [-0.2, 0) is 22.4 Å². The van der Waals surface area contributed by atoms with Crippen LogP contribution in [0.2, 0.25) is 0 Å². The third-order valence-electron chi connectivity index (χ3n) is 5.08. The van der Waals surface area contributed by atoms with Gasteiger partial charge in [0.05, 0.1) is 10.5 Å². The van der Waals surface area contributed by atoms with Gasteiger partial charge in [0.15, 0.2) is 0 Å². The highest BCUT2D eigenvalue weighted by Crippen LogP contribution is 2.25. The molecule has 0 aromatic heterocycles. The maximum Gasteiger partial charge on any atom is 0.286 e. The Morgan fingerprint density at radius 3 is 1.35 bits per heavy atom. The first-order valence-electron chi connectivity index (χ1n) is 10.6. The molecule has 176 valence electrons. The molecule has 0 bridgehead atoms. The van der Waals surface area contributed by atoms with E-state index in [-0.39, 0.29) is 32.8 Å². The molecule has 2 N–H and O–H groups in total. The zero-order valence-corrected chi connectivity index (χ0v) is 19.7. The van der Waals surface area contributed by atoms with Gasteiger partial charge in [0.25, 0.3) is 10.5 Å². The number of hydrogen-bond acceptors (Lipinski definition) is 8. The first kappa shape index (κ1) is 23.9. The number of benzene rings is 2. The van der Waals surface area contributed by atoms with E-state index in [0.717, 1.165) is 34.7 Å². The summed E-state index contributed by atoms with van der Waals surface area (Å²) in [6.07, 6.45) is 4.71. The number of rotatable bonds is 10. The van der Waals surface area contributed by atoms with Crippen LogP contribution in [0.15, 0.2) is 60.7 Å². The summed E-state index contributed by atoms with van der Waals surface area (Å²) in [4.78, 5) is 45.8. The van der Waals surface area contributed by atoms with Crippen LogP contribution in [0.4, 0.5) is 9.59 Å². The molecule has 0 saturated carbocycles. The molecule has 0 radical (unpaired) electrons. The van der Waals surface area contributed by atoms with Crippen molar-refractivity contribution in [1.29, 1.82) is 0 Å². The highest BCUT2D eigenvalue weighted by atomic mass is 32.2. The van der Waals surface area contributed by atoms with Crippen molar-refractivity contribution >= 4 is 45.8 Å². The van der Waals surface area contributed by atoms with Crippen LogP contribution in [0.1, 0.15) is 11.1 Å². The van der Waals surface area contributed by atoms with Gasteiger partial charge in [-0.05, 0) is 60.4 Å². The minimum atomic E-state index is -0.378. The van der Waals surface area contributed by atoms with Crippen LogP contribution in [0.25, 0.3) is 0 Å². The second kappa shape index (κ2) is 11.3. The number of amides is 4. The highest BCUT2D eigenvalue weighted by Gasteiger charge is 2.32. The van der Waals surface area contributed by atoms with E-state index in [1.165, 1.54) is 0 Å². The third-order valence-corrected chi connectivity index (χ3v) is 7.04. The molecule has 2 unspecified atom stereocenters. The molecule has 2 fully saturated rings. The zero-order valence-electron chi connectivity index (χ0n) is 18.0. The highest BCUT2D eigenvalue weighted by molar-refractivity contribution is 8.15. The van der Waals surface area contributed by atoms with E-state index in [1.807, 2.05) is 60.7 Å². The topological polar surface area (TPSA) is 111 Å². The lowest BCUT2D eigenvalue weighted by molar-refractivity contribution is -0.119. The van der Waals surface area contributed by atoms with Crippen LogP contribution in [0.3, 0.4) is 0 Å². The maximum absolute atomic E-state index is 11.7. The molecular weight excluding hydrogens is 476 g/mol. The summed E-state index contributed by atoms with van der Waals surface area (Å²) in [5.74, 6) is 0.933. The van der Waals surface area contributed by atoms with Crippen molar-refractivity contribution in [2.45, 2.75) is 23.3 Å². The monoisotopic (exact) mass is 498 g/mol. The fourth-order valence-corrected chi connectivity index (χ4v) is 5.07. The fraction of sp³-hybridized carbons (Fsp3) is 0.250. The lowest BCUT2D eigenvalue weighted by atomic mass is 10.1. The van der Waals surface area contributed by atoms with Gasteiger partial charge in [0.2, 0.25) is 11.8 Å². The molecule has 2 aromatic rings. The Bertz CT molecular complexity index is 1010. The van der Waals surface area contributed by atoms with E-state index in [1.54, 1.807) is 0 Å². The first-order valence-corrected chi connectivity index (χ1v) is 12.3. The van der Waals surface area contributed by atoms with Gasteiger partial charge in [0.1, 0.15) is 24.7 Å². The molecule has 2 aliphatic rings. The number of nitrogens with one attached hydrogen (secondary N) is 2. The van der Waals surface area contributed by atoms with E-state index in [9.17, 15) is 19.2 Å². The predicted octanol–water partition coefficient (Wildman–Crippen LogP) is 3.49. The lowest BCUT2D eigenvalue weighted by Crippen LogP contribution is -2.25. The SMILES string of the molecule is O=C1NC(=O)C(Cc2ccc(OCC=CCOc3ccc(CC4SC(=O)NC4=O)cc3)cc2)S1. The van der Waals surface area contributed by atoms with Crippen molar-refractivity contribution in [3.8, 4) is 11.5 Å². The summed E-state index contributed by atoms with van der Waals surface area (Å²) in [6.45, 7) is 0.772. The van der Waals surface area contributed by atoms with Crippen molar-refractivity contribution in [3.63, 3.8) is 0 Å². The number of imide groups is 2. The molecule has 0 spiro atoms. The second-order valence-electron chi connectivity index (χ2n) is 7.56. The summed E-state index contributed by atoms with van der Waals surface area (Å²) in [6, 6.07) is 14.9. The van der Waals surface area contributed by atoms with Gasteiger partial charge < -0.3 is 9.47 Å². The lowest BCUT2D eigenvalue weighted by Gasteiger charge is -2.08. The number of carbonyl (C=O) groups is 4. The largest absolute Gasteiger partial charge is 0.490 e. The average Bonchev–Trinajstić information content (AvgIpc) is 3.31. The molecule has 10 heteroatoms. The van der Waals surface area contributed by atoms with E-state index >= 15 is 0 Å². The van der Waals surface area contributed by atoms with Crippen molar-refractivity contribution in [2.75, 3.05) is 13.2 Å². The van der Waals surface area contributed by atoms with Crippen LogP contribution < -0.4 is 20.1 Å². The predicted molar refractivity (Wildman–Crippen MR) is 130 cm³/mol. The Morgan fingerprint density at radius 1 is 0.647 bits per heavy atom. The third kappa shape index (κ3) is 6.64. The van der Waals surface area contributed by atoms with Gasteiger partial charge in [-0.3, -0.25) is 29.8 Å². The summed E-state index contributed by atoms with van der Waals surface area (Å²) in [5, 5.41) is 3.23. The van der Waals surface area contributed by atoms with Gasteiger partial charge in [0, 0.05) is 0 Å². The minimum Gasteiger partial charge on any atom is -0.490 e. The van der Waals surface area contributed by atoms with Gasteiger partial charge in [-0.25, -0.2) is 0 Å². The van der Waals surface area contributed by atoms with Gasteiger partial charge >= 0.3 is 0 Å². The second-order valence-corrected chi connectivity index (χ2v) is 9.91. The quantitative estimate of drug-likeness (QED) is 0.479. The average molecular weight is 499 g/mol. The Kier molecular flexibility index (Phi) is 7.91. The van der Waals surface area contributed by atoms with Crippen LogP contribution in [0.5, 0.6) is 11.5 Å². The van der Waals surface area contributed by atoms with E-state index in [2.05, 4.69) is 10.6 Å². The molecule has 2 saturated heterocycles. The van der Waals surface area contributed by atoms with Crippen LogP contribution in [-0.4, -0.2) is 46.0 Å². The normalized spacial score (nSPS) is 20.0. The molecule has 2 aliphatic heterocycles. The Morgan fingerprint density at radius 2 is 1.03 bits per heavy atom. The van der Waals surface area contributed by atoms with Crippen molar-refractivity contribution < 1.29 is 28.7 Å². The van der Waals surface area contributed by atoms with E-state index in [0.29, 0.717) is 37.6 Å².